The van der Waals surface area contributed by atoms with Crippen LogP contribution in [0.1, 0.15) is 31.4 Å². The minimum Gasteiger partial charge on any atom is -0.314 e. The van der Waals surface area contributed by atoms with Crippen molar-refractivity contribution in [1.82, 2.24) is 10.2 Å². The molecular weight excluding hydrogens is 366 g/mol. The Bertz CT molecular complexity index is 401. The van der Waals surface area contributed by atoms with E-state index in [2.05, 4.69) is 33.1 Å². The molecule has 1 heterocycles. The molecule has 2 rings (SSSR count). The van der Waals surface area contributed by atoms with Gasteiger partial charge in [-0.15, -0.1) is 24.8 Å². The average molecular weight is 388 g/mol. The van der Waals surface area contributed by atoms with Gasteiger partial charge in [0.25, 0.3) is 0 Å². The van der Waals surface area contributed by atoms with Crippen molar-refractivity contribution in [3.8, 4) is 0 Å². The van der Waals surface area contributed by atoms with E-state index in [-0.39, 0.29) is 30.6 Å². The summed E-state index contributed by atoms with van der Waals surface area (Å²) in [5, 5.41) is 3.36. The third kappa shape index (κ3) is 5.15. The fourth-order valence-electron chi connectivity index (χ4n) is 2.55. The molecule has 1 N–H and O–H groups in total. The van der Waals surface area contributed by atoms with E-state index < -0.39 is 0 Å². The summed E-state index contributed by atoms with van der Waals surface area (Å²) in [6.07, 6.45) is 2.20. The van der Waals surface area contributed by atoms with Crippen molar-refractivity contribution >= 4 is 40.7 Å². The number of hydrogen-bond acceptors (Lipinski definition) is 2. The fraction of sp³-hybridized carbons (Fsp3) is 0.571. The van der Waals surface area contributed by atoms with Gasteiger partial charge in [0.15, 0.2) is 0 Å². The number of benzene rings is 1. The van der Waals surface area contributed by atoms with Crippen LogP contribution >= 0.6 is 40.7 Å². The zero-order valence-corrected chi connectivity index (χ0v) is 14.8. The Labute approximate surface area is 141 Å². The van der Waals surface area contributed by atoms with Crippen molar-refractivity contribution in [1.29, 1.82) is 0 Å². The zero-order valence-electron chi connectivity index (χ0n) is 11.6. The highest BCUT2D eigenvalue weighted by atomic mass is 79.9. The lowest BCUT2D eigenvalue weighted by atomic mass is 10.00. The maximum absolute atomic E-state index is 13.7. The molecule has 0 aromatic heterocycles. The Morgan fingerprint density at radius 1 is 1.30 bits per heavy atom. The summed E-state index contributed by atoms with van der Waals surface area (Å²) in [5.74, 6) is -0.163. The van der Waals surface area contributed by atoms with Gasteiger partial charge in [0, 0.05) is 32.2 Å². The molecule has 0 amide bonds. The van der Waals surface area contributed by atoms with Gasteiger partial charge in [-0.05, 0) is 40.0 Å². The molecule has 0 aliphatic carbocycles. The van der Waals surface area contributed by atoms with Crippen LogP contribution < -0.4 is 5.32 Å². The first kappa shape index (κ1) is 20.1. The van der Waals surface area contributed by atoms with Crippen LogP contribution in [0.2, 0.25) is 0 Å². The number of piperazine rings is 1. The molecular formula is C14H22BrCl2FN2. The predicted octanol–water partition coefficient (Wildman–Crippen LogP) is 4.18. The van der Waals surface area contributed by atoms with Gasteiger partial charge < -0.3 is 5.32 Å². The molecule has 0 unspecified atom stereocenters. The first-order valence-electron chi connectivity index (χ1n) is 6.62. The van der Waals surface area contributed by atoms with E-state index in [1.54, 1.807) is 6.07 Å². The lowest BCUT2D eigenvalue weighted by molar-refractivity contribution is 0.164. The van der Waals surface area contributed by atoms with Crippen LogP contribution in [0.3, 0.4) is 0 Å². The molecule has 1 aliphatic rings. The van der Waals surface area contributed by atoms with Gasteiger partial charge in [-0.2, -0.15) is 0 Å². The van der Waals surface area contributed by atoms with E-state index in [4.69, 9.17) is 0 Å². The molecule has 20 heavy (non-hydrogen) atoms. The van der Waals surface area contributed by atoms with Crippen LogP contribution in [0.4, 0.5) is 4.39 Å². The second-order valence-corrected chi connectivity index (χ2v) is 5.62. The standard InChI is InChI=1S/C14H20BrFN2.2ClH/c1-2-3-14(18-8-6-17-7-9-18)11-4-5-12(15)13(16)10-11;;/h4-5,10,14,17H,2-3,6-9H2,1H3;2*1H/t14-;;/m1../s1. The SMILES string of the molecule is CCC[C@H](c1ccc(Br)c(F)c1)N1CCNCC1.Cl.Cl. The number of nitrogens with one attached hydrogen (secondary N) is 1. The molecule has 0 bridgehead atoms. The van der Waals surface area contributed by atoms with E-state index >= 15 is 0 Å². The van der Waals surface area contributed by atoms with Crippen molar-refractivity contribution in [2.75, 3.05) is 26.2 Å². The van der Waals surface area contributed by atoms with Crippen LogP contribution in [0.5, 0.6) is 0 Å². The summed E-state index contributed by atoms with van der Waals surface area (Å²) in [5.41, 5.74) is 1.10. The highest BCUT2D eigenvalue weighted by Gasteiger charge is 2.21. The Hall–Kier alpha value is 0.130. The Morgan fingerprint density at radius 2 is 1.95 bits per heavy atom. The van der Waals surface area contributed by atoms with Crippen molar-refractivity contribution in [2.45, 2.75) is 25.8 Å². The number of halogens is 4. The topological polar surface area (TPSA) is 15.3 Å². The highest BCUT2D eigenvalue weighted by molar-refractivity contribution is 9.10. The van der Waals surface area contributed by atoms with E-state index in [1.807, 2.05) is 12.1 Å². The van der Waals surface area contributed by atoms with Crippen molar-refractivity contribution in [3.05, 3.63) is 34.1 Å². The molecule has 2 nitrogen and oxygen atoms in total. The number of nitrogens with zero attached hydrogens (tertiary/aromatic N) is 1. The minimum atomic E-state index is -0.163. The zero-order chi connectivity index (χ0) is 13.0. The maximum atomic E-state index is 13.7. The summed E-state index contributed by atoms with van der Waals surface area (Å²) in [7, 11) is 0. The Kier molecular flexibility index (Phi) is 10.0. The van der Waals surface area contributed by atoms with Crippen LogP contribution in [-0.2, 0) is 0 Å². The van der Waals surface area contributed by atoms with E-state index in [0.717, 1.165) is 44.6 Å². The smallest absolute Gasteiger partial charge is 0.137 e. The number of rotatable bonds is 4. The average Bonchev–Trinajstić information content (AvgIpc) is 2.40. The molecule has 1 aromatic carbocycles. The molecule has 0 saturated carbocycles. The van der Waals surface area contributed by atoms with Gasteiger partial charge in [0.2, 0.25) is 0 Å². The largest absolute Gasteiger partial charge is 0.314 e. The molecule has 0 spiro atoms. The minimum absolute atomic E-state index is 0. The first-order chi connectivity index (χ1) is 8.72. The lowest BCUT2D eigenvalue weighted by Gasteiger charge is -2.35. The van der Waals surface area contributed by atoms with Crippen LogP contribution in [0.25, 0.3) is 0 Å². The van der Waals surface area contributed by atoms with Crippen LogP contribution in [-0.4, -0.2) is 31.1 Å². The van der Waals surface area contributed by atoms with E-state index in [1.165, 1.54) is 0 Å². The highest BCUT2D eigenvalue weighted by Crippen LogP contribution is 2.28. The quantitative estimate of drug-likeness (QED) is 0.833. The van der Waals surface area contributed by atoms with Gasteiger partial charge in [-0.3, -0.25) is 4.90 Å². The van der Waals surface area contributed by atoms with E-state index in [0.29, 0.717) is 10.5 Å². The molecule has 1 fully saturated rings. The predicted molar refractivity (Wildman–Crippen MR) is 90.7 cm³/mol. The fourth-order valence-corrected chi connectivity index (χ4v) is 2.79. The van der Waals surface area contributed by atoms with Crippen LogP contribution in [0.15, 0.2) is 22.7 Å². The summed E-state index contributed by atoms with van der Waals surface area (Å²) >= 11 is 3.21. The molecule has 0 radical (unpaired) electrons. The third-order valence-corrected chi connectivity index (χ3v) is 4.13. The lowest BCUT2D eigenvalue weighted by Crippen LogP contribution is -2.45. The second kappa shape index (κ2) is 9.96. The maximum Gasteiger partial charge on any atom is 0.137 e. The Balaban J connectivity index is 0.00000180. The van der Waals surface area contributed by atoms with Gasteiger partial charge in [-0.25, -0.2) is 4.39 Å². The normalized spacial score (nSPS) is 16.9. The molecule has 1 aromatic rings. The molecule has 116 valence electrons. The van der Waals surface area contributed by atoms with Gasteiger partial charge in [-0.1, -0.05) is 19.4 Å². The molecule has 1 atom stereocenters. The monoisotopic (exact) mass is 386 g/mol. The van der Waals surface area contributed by atoms with Gasteiger partial charge in [0.1, 0.15) is 5.82 Å². The van der Waals surface area contributed by atoms with E-state index in [9.17, 15) is 4.39 Å². The summed E-state index contributed by atoms with van der Waals surface area (Å²) in [6, 6.07) is 5.87. The summed E-state index contributed by atoms with van der Waals surface area (Å²) < 4.78 is 14.2. The Morgan fingerprint density at radius 3 is 2.50 bits per heavy atom. The third-order valence-electron chi connectivity index (χ3n) is 3.48. The molecule has 1 aliphatic heterocycles. The summed E-state index contributed by atoms with van der Waals surface area (Å²) in [6.45, 7) is 6.33. The molecule has 6 heteroatoms. The van der Waals surface area contributed by atoms with Gasteiger partial charge >= 0.3 is 0 Å². The molecule has 1 saturated heterocycles. The first-order valence-corrected chi connectivity index (χ1v) is 7.41. The van der Waals surface area contributed by atoms with Crippen molar-refractivity contribution < 1.29 is 4.39 Å². The summed E-state index contributed by atoms with van der Waals surface area (Å²) in [4.78, 5) is 2.46. The van der Waals surface area contributed by atoms with Gasteiger partial charge in [0.05, 0.1) is 4.47 Å². The van der Waals surface area contributed by atoms with Crippen LogP contribution in [0, 0.1) is 5.82 Å². The number of hydrogen-bond donors (Lipinski definition) is 1. The van der Waals surface area contributed by atoms with Crippen molar-refractivity contribution in [3.63, 3.8) is 0 Å². The van der Waals surface area contributed by atoms with Crippen molar-refractivity contribution in [2.24, 2.45) is 0 Å². The second-order valence-electron chi connectivity index (χ2n) is 4.76.